The van der Waals surface area contributed by atoms with E-state index < -0.39 is 5.60 Å². The number of pyridine rings is 1. The van der Waals surface area contributed by atoms with Crippen molar-refractivity contribution in [1.29, 1.82) is 0 Å². The molecule has 5 unspecified atom stereocenters. The molecule has 0 spiro atoms. The lowest BCUT2D eigenvalue weighted by Gasteiger charge is -2.61. The normalized spacial score (nSPS) is 48.9. The van der Waals surface area contributed by atoms with Crippen LogP contribution in [0.1, 0.15) is 84.1 Å². The lowest BCUT2D eigenvalue weighted by molar-refractivity contribution is -0.145. The van der Waals surface area contributed by atoms with E-state index in [4.69, 9.17) is 0 Å². The summed E-state index contributed by atoms with van der Waals surface area (Å²) < 4.78 is 0. The molecular formula is C26H39NO2. The maximum atomic E-state index is 11.7. The monoisotopic (exact) mass is 397 g/mol. The Hall–Kier alpha value is -0.930. The van der Waals surface area contributed by atoms with Crippen molar-refractivity contribution in [2.24, 2.45) is 40.4 Å². The summed E-state index contributed by atoms with van der Waals surface area (Å²) in [6, 6.07) is 4.00. The molecule has 0 bridgehead atoms. The highest BCUT2D eigenvalue weighted by Crippen LogP contribution is 2.69. The van der Waals surface area contributed by atoms with Gasteiger partial charge in [0.15, 0.2) is 0 Å². The summed E-state index contributed by atoms with van der Waals surface area (Å²) in [7, 11) is 0. The van der Waals surface area contributed by atoms with Crippen molar-refractivity contribution in [3.63, 3.8) is 0 Å². The average Bonchev–Trinajstić information content (AvgIpc) is 3.07. The van der Waals surface area contributed by atoms with Crippen molar-refractivity contribution in [2.75, 3.05) is 0 Å². The minimum Gasteiger partial charge on any atom is -0.393 e. The lowest BCUT2D eigenvalue weighted by atomic mass is 9.44. The molecule has 0 saturated heterocycles. The van der Waals surface area contributed by atoms with Crippen LogP contribution in [0, 0.1) is 40.4 Å². The molecule has 0 aliphatic heterocycles. The fourth-order valence-corrected chi connectivity index (χ4v) is 9.02. The van der Waals surface area contributed by atoms with E-state index in [0.717, 1.165) is 42.6 Å². The summed E-state index contributed by atoms with van der Waals surface area (Å²) in [4.78, 5) is 4.29. The first-order valence-electron chi connectivity index (χ1n) is 12.1. The highest BCUT2D eigenvalue weighted by atomic mass is 16.3. The molecule has 5 rings (SSSR count). The van der Waals surface area contributed by atoms with E-state index in [0.29, 0.717) is 17.3 Å². The van der Waals surface area contributed by atoms with Crippen molar-refractivity contribution >= 4 is 0 Å². The van der Waals surface area contributed by atoms with Crippen LogP contribution < -0.4 is 0 Å². The largest absolute Gasteiger partial charge is 0.393 e. The van der Waals surface area contributed by atoms with Gasteiger partial charge in [-0.2, -0.15) is 0 Å². The van der Waals surface area contributed by atoms with E-state index in [1.165, 1.54) is 38.5 Å². The second-order valence-corrected chi connectivity index (χ2v) is 11.6. The zero-order valence-corrected chi connectivity index (χ0v) is 18.5. The van der Waals surface area contributed by atoms with Gasteiger partial charge in [-0.3, -0.25) is 4.98 Å². The fraction of sp³-hybridized carbons (Fsp3) is 0.808. The molecule has 9 atom stereocenters. The molecule has 160 valence electrons. The maximum Gasteiger partial charge on any atom is 0.0916 e. The smallest absolute Gasteiger partial charge is 0.0916 e. The standard InChI is InChI=1S/C26H39NO2/c1-24-12-10-19(28)15-17(24)6-7-20-21-8-9-23(25(21,2)13-11-22(20)24)26(3,29)18-5-4-14-27-16-18/h4-5,14,16-17,19-23,28-29H,6-13,15H2,1-3H3/t17?,19-,20?,21?,22?,23-,24-,25-,26?/m0/s1. The van der Waals surface area contributed by atoms with Crippen LogP contribution in [0.4, 0.5) is 0 Å². The SMILES string of the molecule is CC(O)(c1cccnc1)[C@H]1CCC2C3CCC4C[C@@H](O)CC[C@]4(C)C3CC[C@@]21C. The molecule has 0 aromatic carbocycles. The van der Waals surface area contributed by atoms with E-state index in [9.17, 15) is 10.2 Å². The number of aromatic nitrogens is 1. The van der Waals surface area contributed by atoms with Crippen molar-refractivity contribution in [3.8, 4) is 0 Å². The van der Waals surface area contributed by atoms with Crippen molar-refractivity contribution in [1.82, 2.24) is 4.98 Å². The number of fused-ring (bicyclic) bond motifs is 5. The van der Waals surface area contributed by atoms with Gasteiger partial charge in [-0.1, -0.05) is 19.9 Å². The van der Waals surface area contributed by atoms with E-state index >= 15 is 0 Å². The first kappa shape index (κ1) is 20.0. The molecule has 0 amide bonds. The Bertz CT molecular complexity index is 748. The number of nitrogens with zero attached hydrogens (tertiary/aromatic N) is 1. The molecule has 0 radical (unpaired) electrons. The van der Waals surface area contributed by atoms with E-state index in [-0.39, 0.29) is 11.5 Å². The van der Waals surface area contributed by atoms with E-state index in [1.54, 1.807) is 6.20 Å². The highest BCUT2D eigenvalue weighted by Gasteiger charge is 2.62. The zero-order chi connectivity index (χ0) is 20.4. The lowest BCUT2D eigenvalue weighted by Crippen LogP contribution is -2.55. The highest BCUT2D eigenvalue weighted by molar-refractivity contribution is 5.22. The van der Waals surface area contributed by atoms with Crippen LogP contribution in [0.25, 0.3) is 0 Å². The van der Waals surface area contributed by atoms with Crippen LogP contribution >= 0.6 is 0 Å². The Morgan fingerprint density at radius 2 is 1.76 bits per heavy atom. The van der Waals surface area contributed by atoms with Crippen molar-refractivity contribution in [3.05, 3.63) is 30.1 Å². The van der Waals surface area contributed by atoms with Gasteiger partial charge < -0.3 is 10.2 Å². The molecule has 3 nitrogen and oxygen atoms in total. The topological polar surface area (TPSA) is 53.4 Å². The van der Waals surface area contributed by atoms with Crippen LogP contribution in [-0.2, 0) is 5.60 Å². The summed E-state index contributed by atoms with van der Waals surface area (Å²) in [6.07, 6.45) is 14.4. The van der Waals surface area contributed by atoms with Crippen LogP contribution in [0.15, 0.2) is 24.5 Å². The number of aliphatic hydroxyl groups excluding tert-OH is 1. The first-order chi connectivity index (χ1) is 13.8. The molecule has 4 saturated carbocycles. The van der Waals surface area contributed by atoms with Gasteiger partial charge in [0.25, 0.3) is 0 Å². The molecule has 1 heterocycles. The average molecular weight is 398 g/mol. The van der Waals surface area contributed by atoms with Crippen LogP contribution in [0.2, 0.25) is 0 Å². The predicted molar refractivity (Wildman–Crippen MR) is 115 cm³/mol. The van der Waals surface area contributed by atoms with Gasteiger partial charge in [-0.15, -0.1) is 0 Å². The molecule has 1 aromatic heterocycles. The molecule has 2 N–H and O–H groups in total. The fourth-order valence-electron chi connectivity index (χ4n) is 9.02. The van der Waals surface area contributed by atoms with Crippen LogP contribution in [0.3, 0.4) is 0 Å². The van der Waals surface area contributed by atoms with Crippen LogP contribution in [0.5, 0.6) is 0 Å². The Balaban J connectivity index is 1.43. The third-order valence-electron chi connectivity index (χ3n) is 10.6. The summed E-state index contributed by atoms with van der Waals surface area (Å²) in [5.41, 5.74) is 0.817. The summed E-state index contributed by atoms with van der Waals surface area (Å²) in [6.45, 7) is 7.09. The van der Waals surface area contributed by atoms with Gasteiger partial charge in [-0.25, -0.2) is 0 Å². The zero-order valence-electron chi connectivity index (χ0n) is 18.5. The van der Waals surface area contributed by atoms with Gasteiger partial charge in [-0.05, 0) is 111 Å². The Labute approximate surface area is 176 Å². The van der Waals surface area contributed by atoms with E-state index in [1.807, 2.05) is 19.2 Å². The van der Waals surface area contributed by atoms with Gasteiger partial charge in [0.1, 0.15) is 0 Å². The summed E-state index contributed by atoms with van der Waals surface area (Å²) in [5, 5.41) is 21.9. The molecular weight excluding hydrogens is 358 g/mol. The maximum absolute atomic E-state index is 11.7. The van der Waals surface area contributed by atoms with Gasteiger partial charge in [0.2, 0.25) is 0 Å². The minimum absolute atomic E-state index is 0.0658. The van der Waals surface area contributed by atoms with Gasteiger partial charge in [0, 0.05) is 18.0 Å². The van der Waals surface area contributed by atoms with Gasteiger partial charge >= 0.3 is 0 Å². The third-order valence-corrected chi connectivity index (χ3v) is 10.6. The second-order valence-electron chi connectivity index (χ2n) is 11.6. The number of hydrogen-bond donors (Lipinski definition) is 2. The predicted octanol–water partition coefficient (Wildman–Crippen LogP) is 5.31. The Kier molecular flexibility index (Phi) is 4.68. The number of rotatable bonds is 2. The molecule has 1 aromatic rings. The van der Waals surface area contributed by atoms with Crippen molar-refractivity contribution < 1.29 is 10.2 Å². The van der Waals surface area contributed by atoms with Gasteiger partial charge in [0.05, 0.1) is 11.7 Å². The summed E-state index contributed by atoms with van der Waals surface area (Å²) >= 11 is 0. The number of aliphatic hydroxyl groups is 2. The van der Waals surface area contributed by atoms with Crippen molar-refractivity contribution in [2.45, 2.75) is 90.3 Å². The third kappa shape index (κ3) is 2.86. The first-order valence-corrected chi connectivity index (χ1v) is 12.1. The second kappa shape index (κ2) is 6.79. The molecule has 3 heteroatoms. The Morgan fingerprint density at radius 1 is 1.00 bits per heavy atom. The molecule has 29 heavy (non-hydrogen) atoms. The minimum atomic E-state index is -0.805. The quantitative estimate of drug-likeness (QED) is 0.711. The molecule has 4 aliphatic rings. The Morgan fingerprint density at radius 3 is 2.52 bits per heavy atom. The number of hydrogen-bond acceptors (Lipinski definition) is 3. The summed E-state index contributed by atoms with van der Waals surface area (Å²) in [5.74, 6) is 3.38. The van der Waals surface area contributed by atoms with Crippen LogP contribution in [-0.4, -0.2) is 21.3 Å². The molecule has 4 aliphatic carbocycles. The molecule has 4 fully saturated rings. The van der Waals surface area contributed by atoms with E-state index in [2.05, 4.69) is 24.9 Å².